The van der Waals surface area contributed by atoms with Crippen molar-refractivity contribution >= 4 is 23.7 Å². The van der Waals surface area contributed by atoms with E-state index in [1.807, 2.05) is 6.92 Å². The Morgan fingerprint density at radius 1 is 1.69 bits per heavy atom. The molecule has 2 N–H and O–H groups in total. The molecule has 2 rings (SSSR count). The number of nitrogens with zero attached hydrogens (tertiary/aromatic N) is 2. The van der Waals surface area contributed by atoms with Gasteiger partial charge in [0.2, 0.25) is 0 Å². The van der Waals surface area contributed by atoms with Gasteiger partial charge >= 0.3 is 0 Å². The molecule has 92 valence electrons. The van der Waals surface area contributed by atoms with E-state index in [-0.39, 0.29) is 18.5 Å². The van der Waals surface area contributed by atoms with Crippen molar-refractivity contribution in [3.8, 4) is 0 Å². The maximum Gasteiger partial charge on any atom is 0.123 e. The van der Waals surface area contributed by atoms with Gasteiger partial charge in [-0.2, -0.15) is 0 Å². The molecule has 0 aliphatic carbocycles. The first-order valence-electron chi connectivity index (χ1n) is 5.25. The van der Waals surface area contributed by atoms with Crippen LogP contribution in [0.3, 0.4) is 0 Å². The summed E-state index contributed by atoms with van der Waals surface area (Å²) in [5.41, 5.74) is 6.63. The fourth-order valence-electron chi connectivity index (χ4n) is 1.76. The third-order valence-corrected chi connectivity index (χ3v) is 3.56. The molecule has 16 heavy (non-hydrogen) atoms. The lowest BCUT2D eigenvalue weighted by molar-refractivity contribution is -0.0289. The second-order valence-electron chi connectivity index (χ2n) is 3.78. The molecule has 2 heterocycles. The molecule has 0 saturated carbocycles. The molecule has 0 bridgehead atoms. The van der Waals surface area contributed by atoms with Crippen molar-refractivity contribution in [3.05, 3.63) is 16.1 Å². The van der Waals surface area contributed by atoms with Crippen LogP contribution in [0.5, 0.6) is 0 Å². The number of rotatable bonds is 3. The normalized spacial score (nSPS) is 21.8. The summed E-state index contributed by atoms with van der Waals surface area (Å²) < 4.78 is 5.72. The van der Waals surface area contributed by atoms with Gasteiger partial charge in [-0.05, 0) is 6.92 Å². The number of ether oxygens (including phenoxy) is 1. The smallest absolute Gasteiger partial charge is 0.123 e. The van der Waals surface area contributed by atoms with Gasteiger partial charge in [0, 0.05) is 37.3 Å². The topological polar surface area (TPSA) is 51.4 Å². The summed E-state index contributed by atoms with van der Waals surface area (Å²) >= 11 is 1.68. The first-order valence-corrected chi connectivity index (χ1v) is 6.13. The third kappa shape index (κ3) is 3.40. The van der Waals surface area contributed by atoms with Gasteiger partial charge in [0.25, 0.3) is 0 Å². The van der Waals surface area contributed by atoms with Crippen LogP contribution in [-0.4, -0.2) is 42.7 Å². The molecule has 1 aliphatic rings. The van der Waals surface area contributed by atoms with Gasteiger partial charge in [-0.3, -0.25) is 4.90 Å². The number of thiazole rings is 1. The first kappa shape index (κ1) is 13.9. The Bertz CT molecular complexity index is 319. The molecule has 1 fully saturated rings. The lowest BCUT2D eigenvalue weighted by atomic mass is 10.3. The summed E-state index contributed by atoms with van der Waals surface area (Å²) in [7, 11) is 0. The lowest BCUT2D eigenvalue weighted by Crippen LogP contribution is -2.40. The minimum atomic E-state index is 0. The van der Waals surface area contributed by atoms with Crippen molar-refractivity contribution in [2.45, 2.75) is 13.0 Å². The Balaban J connectivity index is 0.00000128. The van der Waals surface area contributed by atoms with Crippen molar-refractivity contribution in [2.75, 3.05) is 32.8 Å². The molecule has 0 aromatic carbocycles. The molecular weight excluding hydrogens is 246 g/mol. The highest BCUT2D eigenvalue weighted by Gasteiger charge is 2.23. The predicted octanol–water partition coefficient (Wildman–Crippen LogP) is 1.21. The Kier molecular flexibility index (Phi) is 5.64. The highest BCUT2D eigenvalue weighted by atomic mass is 35.5. The molecule has 6 heteroatoms. The van der Waals surface area contributed by atoms with Crippen LogP contribution >= 0.6 is 23.7 Å². The summed E-state index contributed by atoms with van der Waals surface area (Å²) in [5.74, 6) is 0. The molecular formula is C10H18ClN3OS. The molecule has 0 amide bonds. The van der Waals surface area contributed by atoms with E-state index >= 15 is 0 Å². The number of nitrogens with two attached hydrogens (primary N) is 1. The van der Waals surface area contributed by atoms with E-state index in [0.29, 0.717) is 6.54 Å². The van der Waals surface area contributed by atoms with E-state index < -0.39 is 0 Å². The van der Waals surface area contributed by atoms with Crippen LogP contribution in [0.25, 0.3) is 0 Å². The molecule has 1 aromatic heterocycles. The number of hydrogen-bond donors (Lipinski definition) is 1. The fourth-order valence-corrected chi connectivity index (χ4v) is 2.59. The largest absolute Gasteiger partial charge is 0.368 e. The van der Waals surface area contributed by atoms with Crippen molar-refractivity contribution in [1.82, 2.24) is 9.88 Å². The minimum absolute atomic E-state index is 0. The zero-order chi connectivity index (χ0) is 10.7. The SMILES string of the molecule is Cc1csc(C2CN(CCN)CCO2)n1.Cl. The van der Waals surface area contributed by atoms with Crippen LogP contribution < -0.4 is 5.73 Å². The minimum Gasteiger partial charge on any atom is -0.368 e. The second kappa shape index (κ2) is 6.51. The Morgan fingerprint density at radius 2 is 2.50 bits per heavy atom. The first-order chi connectivity index (χ1) is 7.29. The number of aryl methyl sites for hydroxylation is 1. The molecule has 0 radical (unpaired) electrons. The van der Waals surface area contributed by atoms with E-state index in [1.165, 1.54) is 0 Å². The fraction of sp³-hybridized carbons (Fsp3) is 0.700. The van der Waals surface area contributed by atoms with Crippen molar-refractivity contribution < 1.29 is 4.74 Å². The van der Waals surface area contributed by atoms with Crippen molar-refractivity contribution in [1.29, 1.82) is 0 Å². The molecule has 1 atom stereocenters. The number of hydrogen-bond acceptors (Lipinski definition) is 5. The summed E-state index contributed by atoms with van der Waals surface area (Å²) in [6.07, 6.45) is 0.143. The maximum atomic E-state index is 5.72. The molecule has 1 aliphatic heterocycles. The van der Waals surface area contributed by atoms with E-state index in [9.17, 15) is 0 Å². The van der Waals surface area contributed by atoms with Gasteiger partial charge < -0.3 is 10.5 Å². The van der Waals surface area contributed by atoms with Gasteiger partial charge in [-0.15, -0.1) is 23.7 Å². The van der Waals surface area contributed by atoms with Gasteiger partial charge in [0.15, 0.2) is 0 Å². The van der Waals surface area contributed by atoms with E-state index in [0.717, 1.165) is 36.9 Å². The van der Waals surface area contributed by atoms with Crippen LogP contribution in [0.15, 0.2) is 5.38 Å². The predicted molar refractivity (Wildman–Crippen MR) is 68.3 cm³/mol. The summed E-state index contributed by atoms with van der Waals surface area (Å²) in [5, 5.41) is 3.16. The van der Waals surface area contributed by atoms with Crippen LogP contribution in [0.1, 0.15) is 16.8 Å². The highest BCUT2D eigenvalue weighted by molar-refractivity contribution is 7.09. The quantitative estimate of drug-likeness (QED) is 0.891. The molecule has 1 saturated heterocycles. The Hall–Kier alpha value is -0.200. The summed E-state index contributed by atoms with van der Waals surface area (Å²) in [4.78, 5) is 6.80. The van der Waals surface area contributed by atoms with Crippen LogP contribution in [0.4, 0.5) is 0 Å². The Morgan fingerprint density at radius 3 is 3.12 bits per heavy atom. The average molecular weight is 264 g/mol. The average Bonchev–Trinajstić information content (AvgIpc) is 2.66. The van der Waals surface area contributed by atoms with Gasteiger partial charge in [-0.25, -0.2) is 4.98 Å². The van der Waals surface area contributed by atoms with Gasteiger partial charge in [0.05, 0.1) is 6.61 Å². The number of halogens is 1. The second-order valence-corrected chi connectivity index (χ2v) is 4.67. The number of morpholine rings is 1. The molecule has 0 spiro atoms. The molecule has 1 aromatic rings. The summed E-state index contributed by atoms with van der Waals surface area (Å²) in [6.45, 7) is 6.36. The monoisotopic (exact) mass is 263 g/mol. The van der Waals surface area contributed by atoms with E-state index in [2.05, 4.69) is 15.3 Å². The zero-order valence-corrected chi connectivity index (χ0v) is 11.0. The summed E-state index contributed by atoms with van der Waals surface area (Å²) in [6, 6.07) is 0. The third-order valence-electron chi connectivity index (χ3n) is 2.51. The number of aromatic nitrogens is 1. The highest BCUT2D eigenvalue weighted by Crippen LogP contribution is 2.24. The van der Waals surface area contributed by atoms with Crippen molar-refractivity contribution in [2.24, 2.45) is 5.73 Å². The van der Waals surface area contributed by atoms with E-state index in [4.69, 9.17) is 10.5 Å². The molecule has 1 unspecified atom stereocenters. The van der Waals surface area contributed by atoms with E-state index in [1.54, 1.807) is 11.3 Å². The molecule has 4 nitrogen and oxygen atoms in total. The van der Waals surface area contributed by atoms with Gasteiger partial charge in [0.1, 0.15) is 11.1 Å². The zero-order valence-electron chi connectivity index (χ0n) is 9.39. The van der Waals surface area contributed by atoms with Crippen molar-refractivity contribution in [3.63, 3.8) is 0 Å². The Labute approximate surface area is 106 Å². The van der Waals surface area contributed by atoms with Crippen LogP contribution in [-0.2, 0) is 4.74 Å². The maximum absolute atomic E-state index is 5.72. The van der Waals surface area contributed by atoms with Gasteiger partial charge in [-0.1, -0.05) is 0 Å². The standard InChI is InChI=1S/C10H17N3OS.ClH/c1-8-7-15-10(12-8)9-6-13(3-2-11)4-5-14-9;/h7,9H,2-6,11H2,1H3;1H. The lowest BCUT2D eigenvalue weighted by Gasteiger charge is -2.31. The van der Waals surface area contributed by atoms with Crippen LogP contribution in [0.2, 0.25) is 0 Å². The van der Waals surface area contributed by atoms with Crippen LogP contribution in [0, 0.1) is 6.92 Å².